The van der Waals surface area contributed by atoms with E-state index in [1.165, 1.54) is 24.0 Å². The van der Waals surface area contributed by atoms with Crippen LogP contribution in [0.1, 0.15) is 125 Å². The van der Waals surface area contributed by atoms with Gasteiger partial charge in [0.2, 0.25) is 0 Å². The summed E-state index contributed by atoms with van der Waals surface area (Å²) in [6.45, 7) is 29.4. The van der Waals surface area contributed by atoms with Crippen LogP contribution in [-0.2, 0) is 0 Å². The van der Waals surface area contributed by atoms with E-state index in [0.29, 0.717) is 5.41 Å². The Labute approximate surface area is 179 Å². The molecule has 0 spiro atoms. The molecule has 0 unspecified atom stereocenters. The summed E-state index contributed by atoms with van der Waals surface area (Å²) in [6, 6.07) is 0. The molecule has 0 aliphatic heterocycles. The van der Waals surface area contributed by atoms with Gasteiger partial charge < -0.3 is 4.90 Å². The first-order valence-electron chi connectivity index (χ1n) is 9.67. The van der Waals surface area contributed by atoms with E-state index in [1.807, 2.05) is 39.9 Å². The van der Waals surface area contributed by atoms with E-state index in [2.05, 4.69) is 94.9 Å². The third kappa shape index (κ3) is 753. The van der Waals surface area contributed by atoms with Crippen LogP contribution in [0.3, 0.4) is 0 Å². The highest BCUT2D eigenvalue weighted by Crippen LogP contribution is 2.08. The smallest absolute Gasteiger partial charge is 0.00271 e. The van der Waals surface area contributed by atoms with Crippen molar-refractivity contribution in [1.29, 1.82) is 0 Å². The summed E-state index contributed by atoms with van der Waals surface area (Å²) in [4.78, 5) is 2.00. The van der Waals surface area contributed by atoms with Crippen molar-refractivity contribution in [3.63, 3.8) is 0 Å². The van der Waals surface area contributed by atoms with Crippen LogP contribution in [0.25, 0.3) is 0 Å². The zero-order valence-corrected chi connectivity index (χ0v) is 21.4. The van der Waals surface area contributed by atoms with Crippen LogP contribution in [-0.4, -0.2) is 26.0 Å². The van der Waals surface area contributed by atoms with Gasteiger partial charge >= 0.3 is 0 Å². The monoisotopic (exact) mass is 389 g/mol. The van der Waals surface area contributed by atoms with Gasteiger partial charge in [-0.2, -0.15) is 0 Å². The van der Waals surface area contributed by atoms with Gasteiger partial charge in [-0.05, 0) is 68.1 Å². The van der Waals surface area contributed by atoms with E-state index in [0.717, 1.165) is 0 Å². The van der Waals surface area contributed by atoms with E-state index in [-0.39, 0.29) is 14.9 Å². The van der Waals surface area contributed by atoms with Crippen molar-refractivity contribution in [3.8, 4) is 11.8 Å². The van der Waals surface area contributed by atoms with Gasteiger partial charge in [-0.1, -0.05) is 94.2 Å². The zero-order valence-electron chi connectivity index (χ0n) is 21.4. The molecule has 0 bridgehead atoms. The van der Waals surface area contributed by atoms with Crippen LogP contribution in [0.15, 0.2) is 11.1 Å². The molecule has 0 radical (unpaired) electrons. The SMILES string of the molecule is C.C.CC#CC.CC(C)(C)C.CC(C)=C(C)C.CCC.CCC.CN(C)C. The molecular weight excluding hydrogens is 326 g/mol. The lowest BCUT2D eigenvalue weighted by atomic mass is 10.0. The molecule has 0 aliphatic rings. The van der Waals surface area contributed by atoms with Gasteiger partial charge in [0.25, 0.3) is 0 Å². The standard InChI is InChI=1S/C6H12.C5H12.C4H6.C3H9N.2C3H8.2CH4/c1-5(2)6(3)4;1-5(2,3)4;1-3-4-2;1-4(2)3;2*1-3-2;;/h1-4H3;1-4H3;1-2H3;1-3H3;2*3H2,1-2H3;2*1H4. The Morgan fingerprint density at radius 1 is 0.630 bits per heavy atom. The lowest BCUT2D eigenvalue weighted by Crippen LogP contribution is -1.99. The molecule has 0 aromatic rings. The first-order chi connectivity index (χ1) is 11.1. The first kappa shape index (κ1) is 50.3. The lowest BCUT2D eigenvalue weighted by molar-refractivity contribution is 0.469. The third-order valence-corrected chi connectivity index (χ3v) is 1.25. The fraction of sp³-hybridized carbons (Fsp3) is 0.846. The number of allylic oxidation sites excluding steroid dienone is 2. The summed E-state index contributed by atoms with van der Waals surface area (Å²) in [7, 11) is 6.00. The van der Waals surface area contributed by atoms with Crippen molar-refractivity contribution in [2.24, 2.45) is 5.41 Å². The van der Waals surface area contributed by atoms with Gasteiger partial charge in [0.05, 0.1) is 0 Å². The minimum atomic E-state index is 0. The quantitative estimate of drug-likeness (QED) is 0.294. The Hall–Kier alpha value is -0.740. The maximum atomic E-state index is 2.68. The van der Waals surface area contributed by atoms with Gasteiger partial charge in [-0.3, -0.25) is 0 Å². The molecule has 0 saturated heterocycles. The normalized spacial score (nSPS) is 7.19. The van der Waals surface area contributed by atoms with Crippen molar-refractivity contribution in [1.82, 2.24) is 4.90 Å². The average molecular weight is 390 g/mol. The third-order valence-electron chi connectivity index (χ3n) is 1.25. The fourth-order valence-electron chi connectivity index (χ4n) is 0. The number of nitrogens with zero attached hydrogens (tertiary/aromatic N) is 1. The minimum Gasteiger partial charge on any atom is -0.312 e. The number of hydrogen-bond acceptors (Lipinski definition) is 1. The summed E-state index contributed by atoms with van der Waals surface area (Å²) in [5.41, 5.74) is 3.35. The summed E-state index contributed by atoms with van der Waals surface area (Å²) >= 11 is 0. The molecule has 27 heavy (non-hydrogen) atoms. The van der Waals surface area contributed by atoms with Gasteiger partial charge in [0.1, 0.15) is 0 Å². The highest BCUT2D eigenvalue weighted by atomic mass is 15.0. The maximum absolute atomic E-state index is 2.68. The van der Waals surface area contributed by atoms with Crippen LogP contribution in [0.5, 0.6) is 0 Å². The van der Waals surface area contributed by atoms with Crippen molar-refractivity contribution < 1.29 is 0 Å². The Balaban J connectivity index is -0.0000000268. The van der Waals surface area contributed by atoms with E-state index in [1.54, 1.807) is 0 Å². The molecule has 172 valence electrons. The largest absolute Gasteiger partial charge is 0.312 e. The average Bonchev–Trinajstić information content (AvgIpc) is 2.38. The molecule has 0 rings (SSSR count). The van der Waals surface area contributed by atoms with E-state index in [4.69, 9.17) is 0 Å². The van der Waals surface area contributed by atoms with Crippen molar-refractivity contribution in [2.45, 2.75) is 125 Å². The Morgan fingerprint density at radius 2 is 0.704 bits per heavy atom. The van der Waals surface area contributed by atoms with Gasteiger partial charge in [-0.25, -0.2) is 0 Å². The topological polar surface area (TPSA) is 3.24 Å². The first-order valence-corrected chi connectivity index (χ1v) is 9.67. The molecule has 0 fully saturated rings. The van der Waals surface area contributed by atoms with Crippen molar-refractivity contribution in [3.05, 3.63) is 11.1 Å². The van der Waals surface area contributed by atoms with Crippen molar-refractivity contribution >= 4 is 0 Å². The molecule has 0 aliphatic carbocycles. The van der Waals surface area contributed by atoms with E-state index < -0.39 is 0 Å². The van der Waals surface area contributed by atoms with Crippen LogP contribution >= 0.6 is 0 Å². The maximum Gasteiger partial charge on any atom is -0.00271 e. The Morgan fingerprint density at radius 3 is 0.704 bits per heavy atom. The molecule has 1 nitrogen and oxygen atoms in total. The molecule has 0 atom stereocenters. The number of hydrogen-bond donors (Lipinski definition) is 0. The van der Waals surface area contributed by atoms with Crippen LogP contribution in [0.2, 0.25) is 0 Å². The van der Waals surface area contributed by atoms with Gasteiger partial charge in [0.15, 0.2) is 0 Å². The fourth-order valence-corrected chi connectivity index (χ4v) is 0. The van der Waals surface area contributed by atoms with Crippen LogP contribution < -0.4 is 0 Å². The second-order valence-corrected chi connectivity index (χ2v) is 8.26. The molecule has 0 aromatic heterocycles. The summed E-state index contributed by atoms with van der Waals surface area (Å²) in [5.74, 6) is 5.36. The Kier molecular flexibility index (Phi) is 83.0. The molecular formula is C26H63N. The van der Waals surface area contributed by atoms with Crippen molar-refractivity contribution in [2.75, 3.05) is 21.1 Å². The molecule has 1 heteroatoms. The summed E-state index contributed by atoms with van der Waals surface area (Å²) in [5, 5.41) is 0. The minimum absolute atomic E-state index is 0. The highest BCUT2D eigenvalue weighted by Gasteiger charge is 1.95. The highest BCUT2D eigenvalue weighted by molar-refractivity contribution is 5.02. The Bertz CT molecular complexity index is 245. The zero-order chi connectivity index (χ0) is 22.1. The number of rotatable bonds is 0. The van der Waals surface area contributed by atoms with E-state index >= 15 is 0 Å². The van der Waals surface area contributed by atoms with E-state index in [9.17, 15) is 0 Å². The summed E-state index contributed by atoms with van der Waals surface area (Å²) < 4.78 is 0. The van der Waals surface area contributed by atoms with Crippen LogP contribution in [0, 0.1) is 17.3 Å². The van der Waals surface area contributed by atoms with Gasteiger partial charge in [-0.15, -0.1) is 11.8 Å². The van der Waals surface area contributed by atoms with Crippen LogP contribution in [0.4, 0.5) is 0 Å². The lowest BCUT2D eigenvalue weighted by Gasteiger charge is -2.05. The predicted octanol–water partition coefficient (Wildman–Crippen LogP) is 9.73. The second kappa shape index (κ2) is 44.6. The molecule has 0 amide bonds. The predicted molar refractivity (Wildman–Crippen MR) is 139 cm³/mol. The molecule has 0 heterocycles. The summed E-state index contributed by atoms with van der Waals surface area (Å²) in [6.07, 6.45) is 2.50. The molecule has 0 aromatic carbocycles. The second-order valence-electron chi connectivity index (χ2n) is 8.26. The molecule has 0 N–H and O–H groups in total. The van der Waals surface area contributed by atoms with Gasteiger partial charge in [0, 0.05) is 0 Å². The molecule has 0 saturated carbocycles.